The van der Waals surface area contributed by atoms with Gasteiger partial charge in [-0.05, 0) is 33.1 Å². The Bertz CT molecular complexity index is 384. The molecule has 1 rings (SSSR count). The molecule has 6 nitrogen and oxygen atoms in total. The quantitative estimate of drug-likeness (QED) is 0.758. The van der Waals surface area contributed by atoms with Gasteiger partial charge in [0.05, 0.1) is 6.26 Å². The number of sulfonamides is 1. The summed E-state index contributed by atoms with van der Waals surface area (Å²) in [6.45, 7) is 4.45. The first-order chi connectivity index (χ1) is 8.21. The third kappa shape index (κ3) is 5.32. The van der Waals surface area contributed by atoms with Crippen molar-refractivity contribution in [3.05, 3.63) is 0 Å². The predicted octanol–water partition coefficient (Wildman–Crippen LogP) is -0.000500. The van der Waals surface area contributed by atoms with Crippen molar-refractivity contribution in [2.45, 2.75) is 44.7 Å². The maximum absolute atomic E-state index is 12.0. The zero-order valence-electron chi connectivity index (χ0n) is 11.2. The van der Waals surface area contributed by atoms with E-state index in [4.69, 9.17) is 4.74 Å². The minimum absolute atomic E-state index is 0.0561. The monoisotopic (exact) mass is 278 g/mol. The summed E-state index contributed by atoms with van der Waals surface area (Å²) < 4.78 is 30.0. The Kier molecular flexibility index (Phi) is 5.12. The van der Waals surface area contributed by atoms with Gasteiger partial charge in [0.2, 0.25) is 15.9 Å². The third-order valence-electron chi connectivity index (χ3n) is 2.80. The summed E-state index contributed by atoms with van der Waals surface area (Å²) in [5.41, 5.74) is -1.14. The number of nitrogens with one attached hydrogen (secondary N) is 2. The van der Waals surface area contributed by atoms with E-state index in [1.54, 1.807) is 13.8 Å². The first-order valence-electron chi connectivity index (χ1n) is 6.08. The molecule has 1 fully saturated rings. The zero-order valence-corrected chi connectivity index (χ0v) is 12.0. The van der Waals surface area contributed by atoms with E-state index in [2.05, 4.69) is 10.0 Å². The van der Waals surface area contributed by atoms with Crippen molar-refractivity contribution in [1.82, 2.24) is 10.0 Å². The van der Waals surface area contributed by atoms with E-state index in [1.807, 2.05) is 0 Å². The van der Waals surface area contributed by atoms with Crippen molar-refractivity contribution < 1.29 is 17.9 Å². The van der Waals surface area contributed by atoms with Crippen LogP contribution >= 0.6 is 0 Å². The number of ether oxygens (including phenoxy) is 1. The molecule has 0 aromatic rings. The number of hydrogen-bond acceptors (Lipinski definition) is 4. The van der Waals surface area contributed by atoms with Gasteiger partial charge in [0.1, 0.15) is 5.54 Å². The van der Waals surface area contributed by atoms with E-state index >= 15 is 0 Å². The van der Waals surface area contributed by atoms with Crippen molar-refractivity contribution in [3.63, 3.8) is 0 Å². The first-order valence-corrected chi connectivity index (χ1v) is 7.97. The number of hydrogen-bond donors (Lipinski definition) is 2. The number of rotatable bonds is 4. The van der Waals surface area contributed by atoms with Crippen molar-refractivity contribution >= 4 is 15.9 Å². The van der Waals surface area contributed by atoms with Gasteiger partial charge in [0.15, 0.2) is 0 Å². The molecule has 1 heterocycles. The molecule has 18 heavy (non-hydrogen) atoms. The highest BCUT2D eigenvalue weighted by Crippen LogP contribution is 2.11. The Morgan fingerprint density at radius 1 is 1.28 bits per heavy atom. The molecule has 1 saturated heterocycles. The van der Waals surface area contributed by atoms with E-state index in [0.29, 0.717) is 6.61 Å². The zero-order chi connectivity index (χ0) is 13.8. The number of carbonyl (C=O) groups is 1. The molecule has 0 aliphatic carbocycles. The second-order valence-corrected chi connectivity index (χ2v) is 6.96. The van der Waals surface area contributed by atoms with Crippen LogP contribution in [0.4, 0.5) is 0 Å². The summed E-state index contributed by atoms with van der Waals surface area (Å²) in [6.07, 6.45) is 3.58. The Hall–Kier alpha value is -0.660. The van der Waals surface area contributed by atoms with Crippen LogP contribution in [-0.2, 0) is 19.6 Å². The van der Waals surface area contributed by atoms with Crippen LogP contribution in [0.3, 0.4) is 0 Å². The lowest BCUT2D eigenvalue weighted by Gasteiger charge is -2.26. The molecule has 1 atom stereocenters. The molecular formula is C11H22N2O4S. The van der Waals surface area contributed by atoms with E-state index in [9.17, 15) is 13.2 Å². The topological polar surface area (TPSA) is 84.5 Å². The lowest BCUT2D eigenvalue weighted by atomic mass is 10.0. The SMILES string of the molecule is CC(C)(NS(C)(=O)=O)C(=O)NC1CCCOCC1. The van der Waals surface area contributed by atoms with Crippen LogP contribution in [0.15, 0.2) is 0 Å². The van der Waals surface area contributed by atoms with Gasteiger partial charge in [-0.15, -0.1) is 0 Å². The average molecular weight is 278 g/mol. The lowest BCUT2D eigenvalue weighted by Crippen LogP contribution is -2.56. The largest absolute Gasteiger partial charge is 0.381 e. The van der Waals surface area contributed by atoms with Gasteiger partial charge in [0, 0.05) is 19.3 Å². The van der Waals surface area contributed by atoms with Gasteiger partial charge in [-0.2, -0.15) is 0 Å². The molecule has 0 aromatic carbocycles. The molecule has 1 amide bonds. The van der Waals surface area contributed by atoms with Gasteiger partial charge in [-0.3, -0.25) is 4.79 Å². The van der Waals surface area contributed by atoms with Crippen LogP contribution in [0.5, 0.6) is 0 Å². The van der Waals surface area contributed by atoms with Crippen LogP contribution in [0.1, 0.15) is 33.1 Å². The standard InChI is InChI=1S/C11H22N2O4S/c1-11(2,13-18(3,15)16)10(14)12-9-5-4-7-17-8-6-9/h9,13H,4-8H2,1-3H3,(H,12,14). The Balaban J connectivity index is 2.57. The predicted molar refractivity (Wildman–Crippen MR) is 68.7 cm³/mol. The fraction of sp³-hybridized carbons (Fsp3) is 0.909. The summed E-state index contributed by atoms with van der Waals surface area (Å²) in [6, 6.07) is 0.0561. The Labute approximate surface area is 109 Å². The number of amides is 1. The number of carbonyl (C=O) groups excluding carboxylic acids is 1. The van der Waals surface area contributed by atoms with Crippen molar-refractivity contribution in [3.8, 4) is 0 Å². The molecule has 2 N–H and O–H groups in total. The smallest absolute Gasteiger partial charge is 0.240 e. The Morgan fingerprint density at radius 3 is 2.56 bits per heavy atom. The van der Waals surface area contributed by atoms with Crippen molar-refractivity contribution in [1.29, 1.82) is 0 Å². The van der Waals surface area contributed by atoms with Gasteiger partial charge in [-0.25, -0.2) is 13.1 Å². The normalized spacial score (nSPS) is 22.3. The fourth-order valence-electron chi connectivity index (χ4n) is 1.92. The van der Waals surface area contributed by atoms with Crippen LogP contribution in [0.2, 0.25) is 0 Å². The average Bonchev–Trinajstić information content (AvgIpc) is 2.42. The molecule has 106 valence electrons. The minimum atomic E-state index is -3.41. The molecule has 0 spiro atoms. The molecule has 0 saturated carbocycles. The fourth-order valence-corrected chi connectivity index (χ4v) is 2.94. The second-order valence-electron chi connectivity index (χ2n) is 5.21. The van der Waals surface area contributed by atoms with Crippen LogP contribution in [-0.4, -0.2) is 45.4 Å². The highest BCUT2D eigenvalue weighted by atomic mass is 32.2. The summed E-state index contributed by atoms with van der Waals surface area (Å²) in [4.78, 5) is 12.0. The van der Waals surface area contributed by atoms with E-state index in [-0.39, 0.29) is 11.9 Å². The van der Waals surface area contributed by atoms with Gasteiger partial charge < -0.3 is 10.1 Å². The summed E-state index contributed by atoms with van der Waals surface area (Å²) in [5.74, 6) is -0.306. The van der Waals surface area contributed by atoms with Crippen LogP contribution in [0, 0.1) is 0 Å². The van der Waals surface area contributed by atoms with Crippen LogP contribution < -0.4 is 10.0 Å². The highest BCUT2D eigenvalue weighted by Gasteiger charge is 2.32. The molecule has 1 unspecified atom stereocenters. The molecule has 0 bridgehead atoms. The highest BCUT2D eigenvalue weighted by molar-refractivity contribution is 7.88. The second kappa shape index (κ2) is 5.99. The first kappa shape index (κ1) is 15.4. The van der Waals surface area contributed by atoms with Gasteiger partial charge in [-0.1, -0.05) is 0 Å². The Morgan fingerprint density at radius 2 is 1.94 bits per heavy atom. The minimum Gasteiger partial charge on any atom is -0.381 e. The molecular weight excluding hydrogens is 256 g/mol. The third-order valence-corrected chi connectivity index (χ3v) is 3.68. The molecule has 1 aliphatic heterocycles. The maximum Gasteiger partial charge on any atom is 0.240 e. The van der Waals surface area contributed by atoms with Gasteiger partial charge in [0.25, 0.3) is 0 Å². The van der Waals surface area contributed by atoms with E-state index in [0.717, 1.165) is 32.1 Å². The molecule has 1 aliphatic rings. The van der Waals surface area contributed by atoms with Gasteiger partial charge >= 0.3 is 0 Å². The maximum atomic E-state index is 12.0. The molecule has 0 aromatic heterocycles. The summed E-state index contributed by atoms with van der Waals surface area (Å²) in [7, 11) is -3.41. The van der Waals surface area contributed by atoms with Crippen molar-refractivity contribution in [2.75, 3.05) is 19.5 Å². The summed E-state index contributed by atoms with van der Waals surface area (Å²) in [5, 5.41) is 2.88. The van der Waals surface area contributed by atoms with E-state index in [1.165, 1.54) is 0 Å². The van der Waals surface area contributed by atoms with E-state index < -0.39 is 15.6 Å². The lowest BCUT2D eigenvalue weighted by molar-refractivity contribution is -0.126. The van der Waals surface area contributed by atoms with Crippen LogP contribution in [0.25, 0.3) is 0 Å². The molecule has 0 radical (unpaired) electrons. The summed E-state index contributed by atoms with van der Waals surface area (Å²) >= 11 is 0. The van der Waals surface area contributed by atoms with Crippen molar-refractivity contribution in [2.24, 2.45) is 0 Å². The molecule has 7 heteroatoms.